The number of nitrogens with zero attached hydrogens (tertiary/aromatic N) is 3. The predicted molar refractivity (Wildman–Crippen MR) is 191 cm³/mol. The van der Waals surface area contributed by atoms with Gasteiger partial charge in [-0.25, -0.2) is 15.0 Å². The maximum atomic E-state index is 10.7. The van der Waals surface area contributed by atoms with E-state index in [4.69, 9.17) is 19.6 Å². The third kappa shape index (κ3) is 5.85. The maximum Gasteiger partial charge on any atom is 0.330 e. The van der Waals surface area contributed by atoms with Gasteiger partial charge < -0.3 is 9.76 Å². The third-order valence-electron chi connectivity index (χ3n) is 8.62. The number of benzene rings is 5. The number of fused-ring (bicyclic) bond motifs is 3. The van der Waals surface area contributed by atoms with Crippen molar-refractivity contribution in [1.29, 1.82) is 0 Å². The van der Waals surface area contributed by atoms with E-state index in [0.29, 0.717) is 17.5 Å². The molecule has 0 aliphatic rings. The van der Waals surface area contributed by atoms with Gasteiger partial charge in [-0.2, -0.15) is 0 Å². The lowest BCUT2D eigenvalue weighted by molar-refractivity contribution is -0.0893. The Labute approximate surface area is 273 Å². The van der Waals surface area contributed by atoms with E-state index in [9.17, 15) is 5.11 Å². The van der Waals surface area contributed by atoms with Gasteiger partial charge in [0, 0.05) is 36.9 Å². The van der Waals surface area contributed by atoms with Crippen LogP contribution in [-0.4, -0.2) is 38.7 Å². The van der Waals surface area contributed by atoms with Gasteiger partial charge in [0.25, 0.3) is 0 Å². The summed E-state index contributed by atoms with van der Waals surface area (Å²) in [5.74, 6) is 1.80. The monoisotopic (exact) mass is 618 g/mol. The molecule has 1 N–H and O–H groups in total. The van der Waals surface area contributed by atoms with Gasteiger partial charge in [0.05, 0.1) is 11.2 Å². The molecule has 2 heterocycles. The number of thiophene rings is 1. The largest absolute Gasteiger partial charge is 0.427 e. The molecule has 0 bridgehead atoms. The molecule has 0 atom stereocenters. The zero-order valence-corrected chi connectivity index (χ0v) is 27.0. The summed E-state index contributed by atoms with van der Waals surface area (Å²) in [5, 5.41) is 13.0. The first-order chi connectivity index (χ1) is 22.2. The Morgan fingerprint density at radius 3 is 1.76 bits per heavy atom. The maximum absolute atomic E-state index is 10.7. The molecule has 5 aromatic carbocycles. The second kappa shape index (κ2) is 11.9. The lowest BCUT2D eigenvalue weighted by atomic mass is 9.81. The van der Waals surface area contributed by atoms with Gasteiger partial charge in [-0.1, -0.05) is 121 Å². The Morgan fingerprint density at radius 1 is 0.587 bits per heavy atom. The van der Waals surface area contributed by atoms with Crippen molar-refractivity contribution < 1.29 is 9.76 Å². The van der Waals surface area contributed by atoms with Crippen LogP contribution in [0.2, 0.25) is 0 Å². The summed E-state index contributed by atoms with van der Waals surface area (Å²) in [5.41, 5.74) is 4.01. The molecule has 0 spiro atoms. The molecule has 0 saturated heterocycles. The van der Waals surface area contributed by atoms with E-state index in [1.807, 2.05) is 62.4 Å². The molecule has 0 saturated carbocycles. The number of hydrogen-bond acceptors (Lipinski definition) is 6. The second-order valence-corrected chi connectivity index (χ2v) is 13.5. The van der Waals surface area contributed by atoms with Crippen LogP contribution in [0.1, 0.15) is 27.7 Å². The molecule has 5 nitrogen and oxygen atoms in total. The van der Waals surface area contributed by atoms with E-state index in [-0.39, 0.29) is 0 Å². The summed E-state index contributed by atoms with van der Waals surface area (Å²) in [7, 11) is 1.73. The average Bonchev–Trinajstić information content (AvgIpc) is 3.46. The van der Waals surface area contributed by atoms with E-state index in [1.54, 1.807) is 32.7 Å². The first-order valence-corrected chi connectivity index (χ1v) is 16.1. The molecular weight excluding hydrogens is 585 g/mol. The van der Waals surface area contributed by atoms with Crippen molar-refractivity contribution in [3.8, 4) is 45.3 Å². The van der Waals surface area contributed by atoms with Crippen molar-refractivity contribution in [3.05, 3.63) is 121 Å². The molecule has 0 aliphatic carbocycles. The van der Waals surface area contributed by atoms with E-state index in [1.165, 1.54) is 4.70 Å². The van der Waals surface area contributed by atoms with Gasteiger partial charge in [0.1, 0.15) is 0 Å². The molecule has 7 rings (SSSR count). The number of rotatable bonds is 8. The first kappa shape index (κ1) is 30.0. The summed E-state index contributed by atoms with van der Waals surface area (Å²) < 4.78 is 8.49. The number of hydrogen-bond donors (Lipinski definition) is 1. The fourth-order valence-electron chi connectivity index (χ4n) is 5.23. The highest BCUT2D eigenvalue weighted by molar-refractivity contribution is 7.26. The molecule has 7 aromatic rings. The fraction of sp³-hybridized carbons (Fsp3) is 0.154. The quantitative estimate of drug-likeness (QED) is 0.173. The van der Waals surface area contributed by atoms with Gasteiger partial charge in [-0.05, 0) is 44.9 Å². The van der Waals surface area contributed by atoms with Crippen molar-refractivity contribution in [3.63, 3.8) is 0 Å². The lowest BCUT2D eigenvalue weighted by Gasteiger charge is -2.37. The van der Waals surface area contributed by atoms with Gasteiger partial charge in [0.2, 0.25) is 0 Å². The molecule has 2 aromatic heterocycles. The minimum atomic E-state index is -1.05. The highest BCUT2D eigenvalue weighted by Crippen LogP contribution is 2.39. The Kier molecular flexibility index (Phi) is 7.77. The Hall–Kier alpha value is -4.69. The van der Waals surface area contributed by atoms with Crippen LogP contribution < -0.4 is 5.46 Å². The first-order valence-electron chi connectivity index (χ1n) is 15.3. The fourth-order valence-corrected chi connectivity index (χ4v) is 6.42. The minimum Gasteiger partial charge on any atom is -0.427 e. The average molecular weight is 619 g/mol. The van der Waals surface area contributed by atoms with E-state index in [0.717, 1.165) is 48.8 Å². The minimum absolute atomic E-state index is 0.588. The van der Waals surface area contributed by atoms with Crippen LogP contribution in [0.4, 0.5) is 0 Å². The predicted octanol–water partition coefficient (Wildman–Crippen LogP) is 8.72. The van der Waals surface area contributed by atoms with Crippen LogP contribution in [0.15, 0.2) is 121 Å². The van der Waals surface area contributed by atoms with E-state index in [2.05, 4.69) is 72.8 Å². The summed E-state index contributed by atoms with van der Waals surface area (Å²) in [4.78, 5) is 15.1. The molecule has 1 radical (unpaired) electrons. The summed E-state index contributed by atoms with van der Waals surface area (Å²) in [6.07, 6.45) is 0. The Morgan fingerprint density at radius 2 is 1.11 bits per heavy atom. The van der Waals surface area contributed by atoms with E-state index >= 15 is 0 Å². The zero-order valence-electron chi connectivity index (χ0n) is 26.2. The van der Waals surface area contributed by atoms with Gasteiger partial charge in [-0.15, -0.1) is 11.3 Å². The number of aromatic nitrogens is 3. The van der Waals surface area contributed by atoms with E-state index < -0.39 is 11.2 Å². The van der Waals surface area contributed by atoms with Crippen LogP contribution in [0.25, 0.3) is 65.5 Å². The van der Waals surface area contributed by atoms with Crippen LogP contribution in [-0.2, 0) is 4.65 Å². The molecule has 0 unspecified atom stereocenters. The standard InChI is InChI=1S/C39H33BN3O2S/c1-38(2,44)39(3,4)45-40-29-23-31-30-17-11-12-18-33(30)46-34(31)32(24-29)37-42-35(27-15-9-6-10-16-27)41-36(43-37)28-21-19-26(20-22-28)25-13-7-5-8-14-25/h5-24,44H,1-4H3. The second-order valence-electron chi connectivity index (χ2n) is 12.5. The highest BCUT2D eigenvalue weighted by Gasteiger charge is 2.36. The van der Waals surface area contributed by atoms with Gasteiger partial charge >= 0.3 is 7.48 Å². The molecule has 0 fully saturated rings. The summed E-state index contributed by atoms with van der Waals surface area (Å²) in [6.45, 7) is 7.28. The van der Waals surface area contributed by atoms with Gasteiger partial charge in [-0.3, -0.25) is 0 Å². The van der Waals surface area contributed by atoms with Crippen LogP contribution in [0.5, 0.6) is 0 Å². The molecule has 46 heavy (non-hydrogen) atoms. The van der Waals surface area contributed by atoms with Crippen molar-refractivity contribution in [2.75, 3.05) is 0 Å². The molecular formula is C39H33BN3O2S. The molecule has 0 aliphatic heterocycles. The summed E-state index contributed by atoms with van der Waals surface area (Å²) in [6, 6.07) is 41.3. The smallest absolute Gasteiger partial charge is 0.330 e. The van der Waals surface area contributed by atoms with Crippen molar-refractivity contribution >= 4 is 44.5 Å². The van der Waals surface area contributed by atoms with Crippen molar-refractivity contribution in [1.82, 2.24) is 15.0 Å². The highest BCUT2D eigenvalue weighted by atomic mass is 32.1. The third-order valence-corrected chi connectivity index (χ3v) is 9.84. The number of aliphatic hydroxyl groups is 1. The normalized spacial score (nSPS) is 12.1. The Balaban J connectivity index is 1.40. The van der Waals surface area contributed by atoms with Gasteiger partial charge in [0.15, 0.2) is 17.5 Å². The van der Waals surface area contributed by atoms with Crippen LogP contribution >= 0.6 is 11.3 Å². The SMILES string of the molecule is CC(C)(O)C(C)(C)O[B]c1cc(-c2nc(-c3ccccc3)nc(-c3ccc(-c4ccccc4)cc3)n2)c2sc3ccccc3c2c1. The van der Waals surface area contributed by atoms with Crippen molar-refractivity contribution in [2.24, 2.45) is 0 Å². The molecule has 225 valence electrons. The molecule has 7 heteroatoms. The lowest BCUT2D eigenvalue weighted by Crippen LogP contribution is -2.49. The Bertz CT molecular complexity index is 2160. The summed E-state index contributed by atoms with van der Waals surface area (Å²) >= 11 is 1.73. The van der Waals surface area contributed by atoms with Crippen LogP contribution in [0, 0.1) is 0 Å². The van der Waals surface area contributed by atoms with Crippen molar-refractivity contribution in [2.45, 2.75) is 38.9 Å². The van der Waals surface area contributed by atoms with Crippen LogP contribution in [0.3, 0.4) is 0 Å². The molecule has 0 amide bonds. The topological polar surface area (TPSA) is 68.1 Å². The zero-order chi connectivity index (χ0) is 31.9.